The summed E-state index contributed by atoms with van der Waals surface area (Å²) < 4.78 is 2.05. The average molecular weight is 254 g/mol. The smallest absolute Gasteiger partial charge is 0.336 e. The van der Waals surface area contributed by atoms with Crippen LogP contribution in [0, 0.1) is 0 Å². The highest BCUT2D eigenvalue weighted by molar-refractivity contribution is 6.20. The Morgan fingerprint density at radius 1 is 1.32 bits per heavy atom. The zero-order valence-electron chi connectivity index (χ0n) is 10.4. The average Bonchev–Trinajstić information content (AvgIpc) is 3.16. The lowest BCUT2D eigenvalue weighted by molar-refractivity contribution is -0.130. The van der Waals surface area contributed by atoms with Gasteiger partial charge in [-0.05, 0) is 24.5 Å². The van der Waals surface area contributed by atoms with Gasteiger partial charge in [-0.25, -0.2) is 9.78 Å². The number of rotatable bonds is 4. The van der Waals surface area contributed by atoms with Crippen LogP contribution in [0.15, 0.2) is 42.9 Å². The summed E-state index contributed by atoms with van der Waals surface area (Å²) in [5.74, 6) is -0.922. The summed E-state index contributed by atoms with van der Waals surface area (Å²) in [7, 11) is 0. The summed E-state index contributed by atoms with van der Waals surface area (Å²) >= 11 is 0. The third-order valence-electron chi connectivity index (χ3n) is 3.24. The maximum Gasteiger partial charge on any atom is 0.336 e. The first-order valence-corrected chi connectivity index (χ1v) is 6.28. The Labute approximate surface area is 111 Å². The van der Waals surface area contributed by atoms with E-state index < -0.39 is 5.97 Å². The largest absolute Gasteiger partial charge is 0.478 e. The van der Waals surface area contributed by atoms with Crippen molar-refractivity contribution in [3.05, 3.63) is 54.1 Å². The van der Waals surface area contributed by atoms with E-state index in [2.05, 4.69) is 4.98 Å². The molecule has 0 aliphatic heterocycles. The number of nitrogens with zero attached hydrogens (tertiary/aromatic N) is 2. The van der Waals surface area contributed by atoms with Crippen molar-refractivity contribution < 1.29 is 9.90 Å². The first-order valence-electron chi connectivity index (χ1n) is 6.28. The molecule has 1 aliphatic rings. The van der Waals surface area contributed by atoms with E-state index in [0.29, 0.717) is 17.2 Å². The third-order valence-corrected chi connectivity index (χ3v) is 3.24. The highest BCUT2D eigenvalue weighted by atomic mass is 16.4. The Kier molecular flexibility index (Phi) is 2.91. The molecule has 1 fully saturated rings. The molecule has 0 saturated heterocycles. The van der Waals surface area contributed by atoms with Crippen LogP contribution in [0.25, 0.3) is 11.6 Å². The molecule has 0 unspecified atom stereocenters. The van der Waals surface area contributed by atoms with Crippen molar-refractivity contribution in [1.82, 2.24) is 9.55 Å². The fourth-order valence-corrected chi connectivity index (χ4v) is 2.12. The third kappa shape index (κ3) is 2.42. The summed E-state index contributed by atoms with van der Waals surface area (Å²) in [4.78, 5) is 15.5. The molecule has 1 aliphatic carbocycles. The van der Waals surface area contributed by atoms with E-state index in [4.69, 9.17) is 0 Å². The summed E-state index contributed by atoms with van der Waals surface area (Å²) in [6.07, 6.45) is 7.47. The van der Waals surface area contributed by atoms with Gasteiger partial charge in [0.15, 0.2) is 0 Å². The van der Waals surface area contributed by atoms with E-state index in [9.17, 15) is 9.90 Å². The van der Waals surface area contributed by atoms with Gasteiger partial charge < -0.3 is 9.67 Å². The summed E-state index contributed by atoms with van der Waals surface area (Å²) in [5, 5.41) is 9.37. The van der Waals surface area contributed by atoms with Crippen LogP contribution in [0.1, 0.15) is 30.1 Å². The van der Waals surface area contributed by atoms with Crippen molar-refractivity contribution in [1.29, 1.82) is 0 Å². The fraction of sp³-hybridized carbons (Fsp3) is 0.200. The SMILES string of the molecule is O=C(O)C(=Cc1cncn1C1CC1)c1ccccc1. The molecule has 4 heteroatoms. The molecule has 2 aromatic rings. The molecule has 0 radical (unpaired) electrons. The number of hydrogen-bond acceptors (Lipinski definition) is 2. The van der Waals surface area contributed by atoms with Gasteiger partial charge in [0, 0.05) is 6.04 Å². The zero-order chi connectivity index (χ0) is 13.2. The highest BCUT2D eigenvalue weighted by Crippen LogP contribution is 2.36. The van der Waals surface area contributed by atoms with Crippen LogP contribution in [0.5, 0.6) is 0 Å². The molecule has 1 aromatic heterocycles. The second kappa shape index (κ2) is 4.72. The van der Waals surface area contributed by atoms with Crippen LogP contribution in [-0.2, 0) is 4.79 Å². The molecule has 0 atom stereocenters. The van der Waals surface area contributed by atoms with Crippen molar-refractivity contribution in [2.75, 3.05) is 0 Å². The van der Waals surface area contributed by atoms with Crippen LogP contribution < -0.4 is 0 Å². The van der Waals surface area contributed by atoms with Gasteiger partial charge in [0.05, 0.1) is 23.8 Å². The molecular weight excluding hydrogens is 240 g/mol. The monoisotopic (exact) mass is 254 g/mol. The predicted molar refractivity (Wildman–Crippen MR) is 72.4 cm³/mol. The number of aliphatic carboxylic acids is 1. The van der Waals surface area contributed by atoms with E-state index in [1.165, 1.54) is 0 Å². The predicted octanol–water partition coefficient (Wildman–Crippen LogP) is 2.84. The molecular formula is C15H14N2O2. The number of aromatic nitrogens is 2. The lowest BCUT2D eigenvalue weighted by Crippen LogP contribution is -2.01. The van der Waals surface area contributed by atoms with E-state index in [0.717, 1.165) is 18.5 Å². The molecule has 3 rings (SSSR count). The molecule has 0 spiro atoms. The van der Waals surface area contributed by atoms with Gasteiger partial charge in [0.1, 0.15) is 0 Å². The number of carboxylic acid groups (broad SMARTS) is 1. The van der Waals surface area contributed by atoms with Crippen molar-refractivity contribution >= 4 is 17.6 Å². The normalized spacial score (nSPS) is 15.5. The minimum absolute atomic E-state index is 0.294. The number of carbonyl (C=O) groups is 1. The van der Waals surface area contributed by atoms with Gasteiger partial charge >= 0.3 is 5.97 Å². The van der Waals surface area contributed by atoms with Gasteiger partial charge in [0.2, 0.25) is 0 Å². The minimum atomic E-state index is -0.922. The van der Waals surface area contributed by atoms with E-state index in [-0.39, 0.29) is 0 Å². The van der Waals surface area contributed by atoms with Gasteiger partial charge in [-0.1, -0.05) is 30.3 Å². The lowest BCUT2D eigenvalue weighted by atomic mass is 10.1. The molecule has 0 bridgehead atoms. The first-order chi connectivity index (χ1) is 9.25. The second-order valence-corrected chi connectivity index (χ2v) is 4.69. The van der Waals surface area contributed by atoms with Gasteiger partial charge in [-0.3, -0.25) is 0 Å². The standard InChI is InChI=1S/C15H14N2O2/c18-15(19)14(11-4-2-1-3-5-11)8-13-9-16-10-17(13)12-6-7-12/h1-5,8-10,12H,6-7H2,(H,18,19). The van der Waals surface area contributed by atoms with Crippen LogP contribution in [0.3, 0.4) is 0 Å². The Bertz CT molecular complexity index is 625. The lowest BCUT2D eigenvalue weighted by Gasteiger charge is -2.05. The van der Waals surface area contributed by atoms with Crippen LogP contribution >= 0.6 is 0 Å². The summed E-state index contributed by atoms with van der Waals surface area (Å²) in [6.45, 7) is 0. The Morgan fingerprint density at radius 2 is 2.05 bits per heavy atom. The molecule has 96 valence electrons. The second-order valence-electron chi connectivity index (χ2n) is 4.69. The number of imidazole rings is 1. The Morgan fingerprint density at radius 3 is 2.68 bits per heavy atom. The number of hydrogen-bond donors (Lipinski definition) is 1. The van der Waals surface area contributed by atoms with Gasteiger partial charge in [-0.2, -0.15) is 0 Å². The van der Waals surface area contributed by atoms with Gasteiger partial charge in [-0.15, -0.1) is 0 Å². The Hall–Kier alpha value is -2.36. The molecule has 1 aromatic carbocycles. The van der Waals surface area contributed by atoms with Crippen LogP contribution in [-0.4, -0.2) is 20.6 Å². The van der Waals surface area contributed by atoms with Crippen LogP contribution in [0.4, 0.5) is 0 Å². The minimum Gasteiger partial charge on any atom is -0.478 e. The Balaban J connectivity index is 2.02. The first kappa shape index (κ1) is 11.7. The molecule has 4 nitrogen and oxygen atoms in total. The van der Waals surface area contributed by atoms with Crippen molar-refractivity contribution in [3.8, 4) is 0 Å². The molecule has 1 saturated carbocycles. The molecule has 1 N–H and O–H groups in total. The fourth-order valence-electron chi connectivity index (χ4n) is 2.12. The van der Waals surface area contributed by atoms with Crippen LogP contribution in [0.2, 0.25) is 0 Å². The molecule has 19 heavy (non-hydrogen) atoms. The maximum absolute atomic E-state index is 11.4. The van der Waals surface area contributed by atoms with Crippen molar-refractivity contribution in [3.63, 3.8) is 0 Å². The van der Waals surface area contributed by atoms with E-state index in [1.807, 2.05) is 22.8 Å². The molecule has 0 amide bonds. The van der Waals surface area contributed by atoms with Crippen molar-refractivity contribution in [2.45, 2.75) is 18.9 Å². The molecule has 1 heterocycles. The quantitative estimate of drug-likeness (QED) is 0.853. The number of carboxylic acids is 1. The van der Waals surface area contributed by atoms with Crippen molar-refractivity contribution in [2.24, 2.45) is 0 Å². The number of benzene rings is 1. The highest BCUT2D eigenvalue weighted by Gasteiger charge is 2.25. The summed E-state index contributed by atoms with van der Waals surface area (Å²) in [5.41, 5.74) is 1.85. The zero-order valence-corrected chi connectivity index (χ0v) is 10.4. The van der Waals surface area contributed by atoms with E-state index >= 15 is 0 Å². The van der Waals surface area contributed by atoms with E-state index in [1.54, 1.807) is 30.7 Å². The summed E-state index contributed by atoms with van der Waals surface area (Å²) in [6, 6.07) is 9.64. The topological polar surface area (TPSA) is 55.1 Å². The maximum atomic E-state index is 11.4. The van der Waals surface area contributed by atoms with Gasteiger partial charge in [0.25, 0.3) is 0 Å².